The van der Waals surface area contributed by atoms with Gasteiger partial charge in [0.1, 0.15) is 0 Å². The van der Waals surface area contributed by atoms with E-state index in [0.717, 1.165) is 16.7 Å². The van der Waals surface area contributed by atoms with Gasteiger partial charge in [0.15, 0.2) is 0 Å². The Morgan fingerprint density at radius 1 is 1.43 bits per heavy atom. The van der Waals surface area contributed by atoms with Crippen molar-refractivity contribution < 1.29 is 22.3 Å². The van der Waals surface area contributed by atoms with Crippen LogP contribution in [0.15, 0.2) is 0 Å². The van der Waals surface area contributed by atoms with Gasteiger partial charge < -0.3 is 0 Å². The molecule has 0 heterocycles. The van der Waals surface area contributed by atoms with Crippen LogP contribution in [0.4, 0.5) is 3.09 Å². The third-order valence-corrected chi connectivity index (χ3v) is 2.51. The van der Waals surface area contributed by atoms with Crippen molar-refractivity contribution in [2.24, 2.45) is 0 Å². The molecule has 0 aliphatic carbocycles. The van der Waals surface area contributed by atoms with Crippen LogP contribution in [-0.2, 0) is 19.2 Å². The summed E-state index contributed by atoms with van der Waals surface area (Å²) in [5, 5.41) is 0. The molecule has 2 heteroatoms. The van der Waals surface area contributed by atoms with E-state index < -0.39 is 19.2 Å². The fraction of sp³-hybridized carbons (Fsp3) is 0.800. The molecule has 0 aliphatic heterocycles. The number of halogens is 1. The van der Waals surface area contributed by atoms with Crippen LogP contribution in [-0.4, -0.2) is 3.81 Å². The van der Waals surface area contributed by atoms with E-state index in [2.05, 4.69) is 0 Å². The molecule has 0 fully saturated rings. The van der Waals surface area contributed by atoms with Gasteiger partial charge in [0.25, 0.3) is 0 Å². The van der Waals surface area contributed by atoms with Crippen molar-refractivity contribution in [1.29, 1.82) is 0 Å². The van der Waals surface area contributed by atoms with Gasteiger partial charge in [0.2, 0.25) is 0 Å². The molecule has 0 aromatic heterocycles. The molecule has 0 aliphatic rings. The quantitative estimate of drug-likeness (QED) is 0.510. The minimum absolute atomic E-state index is 0.951. The molecule has 0 atom stereocenters. The molecule has 0 aromatic carbocycles. The summed E-state index contributed by atoms with van der Waals surface area (Å²) in [4.78, 5) is 0. The van der Waals surface area contributed by atoms with Gasteiger partial charge in [-0.15, -0.1) is 0 Å². The summed E-state index contributed by atoms with van der Waals surface area (Å²) in [6.45, 7) is 4.03. The molecule has 0 bridgehead atoms. The SMILES string of the molecule is CC[C](CC)=[Ti][F]. The van der Waals surface area contributed by atoms with E-state index in [0.29, 0.717) is 0 Å². The number of hydrogen-bond acceptors (Lipinski definition) is 0. The van der Waals surface area contributed by atoms with Gasteiger partial charge in [0, 0.05) is 0 Å². The van der Waals surface area contributed by atoms with Crippen LogP contribution < -0.4 is 0 Å². The summed E-state index contributed by atoms with van der Waals surface area (Å²) in [6.07, 6.45) is 1.90. The van der Waals surface area contributed by atoms with Crippen LogP contribution in [0.2, 0.25) is 0 Å². The van der Waals surface area contributed by atoms with Crippen molar-refractivity contribution >= 4 is 3.81 Å². The van der Waals surface area contributed by atoms with Crippen LogP contribution in [0, 0.1) is 0 Å². The van der Waals surface area contributed by atoms with E-state index in [1.54, 1.807) is 0 Å². The third kappa shape index (κ3) is 3.13. The number of rotatable bonds is 2. The van der Waals surface area contributed by atoms with Crippen molar-refractivity contribution in [2.75, 3.05) is 0 Å². The van der Waals surface area contributed by atoms with Crippen LogP contribution in [0.25, 0.3) is 0 Å². The summed E-state index contributed by atoms with van der Waals surface area (Å²) in [5.74, 6) is 0. The monoisotopic (exact) mass is 137 g/mol. The van der Waals surface area contributed by atoms with Gasteiger partial charge in [-0.05, 0) is 0 Å². The third-order valence-electron chi connectivity index (χ3n) is 0.987. The number of hydrogen-bond donors (Lipinski definition) is 0. The molecule has 0 unspecified atom stereocenters. The Balaban J connectivity index is 3.38. The van der Waals surface area contributed by atoms with Crippen molar-refractivity contribution in [1.82, 2.24) is 0 Å². The zero-order valence-corrected chi connectivity index (χ0v) is 6.35. The molecular formula is C5H10FTi. The zero-order valence-electron chi connectivity index (χ0n) is 4.79. The van der Waals surface area contributed by atoms with Crippen molar-refractivity contribution in [3.8, 4) is 0 Å². The Kier molecular flexibility index (Phi) is 5.01. The first kappa shape index (κ1) is 7.51. The summed E-state index contributed by atoms with van der Waals surface area (Å²) >= 11 is -1.15. The van der Waals surface area contributed by atoms with Crippen LogP contribution in [0.3, 0.4) is 0 Å². The standard InChI is InChI=1S/C5H10.FH.Ti/c1-3-5-4-2;;/h3-4H2,1-2H3;1H;/q;;+1/p-1. The molecule has 0 spiro atoms. The van der Waals surface area contributed by atoms with E-state index in [9.17, 15) is 3.09 Å². The molecule has 0 radical (unpaired) electrons. The average molecular weight is 137 g/mol. The molecule has 0 N–H and O–H groups in total. The van der Waals surface area contributed by atoms with Gasteiger partial charge in [0.05, 0.1) is 0 Å². The van der Waals surface area contributed by atoms with Crippen molar-refractivity contribution in [2.45, 2.75) is 26.7 Å². The molecule has 0 nitrogen and oxygen atoms in total. The summed E-state index contributed by atoms with van der Waals surface area (Å²) in [6, 6.07) is 0. The van der Waals surface area contributed by atoms with Crippen LogP contribution in [0.5, 0.6) is 0 Å². The fourth-order valence-electron chi connectivity index (χ4n) is 0.384. The molecule has 0 saturated heterocycles. The first-order valence-electron chi connectivity index (χ1n) is 2.56. The topological polar surface area (TPSA) is 0 Å². The van der Waals surface area contributed by atoms with Gasteiger partial charge in [-0.1, -0.05) is 0 Å². The van der Waals surface area contributed by atoms with E-state index in [-0.39, 0.29) is 0 Å². The Labute approximate surface area is 53.2 Å². The summed E-state index contributed by atoms with van der Waals surface area (Å²) in [5.41, 5.74) is 0. The van der Waals surface area contributed by atoms with E-state index in [1.807, 2.05) is 13.8 Å². The predicted molar refractivity (Wildman–Crippen MR) is 26.7 cm³/mol. The minimum atomic E-state index is -1.15. The molecule has 7 heavy (non-hydrogen) atoms. The second-order valence-electron chi connectivity index (χ2n) is 1.41. The van der Waals surface area contributed by atoms with Crippen LogP contribution >= 0.6 is 0 Å². The Morgan fingerprint density at radius 2 is 1.86 bits per heavy atom. The van der Waals surface area contributed by atoms with E-state index >= 15 is 0 Å². The molecule has 0 rings (SSSR count). The first-order valence-corrected chi connectivity index (χ1v) is 3.93. The van der Waals surface area contributed by atoms with Gasteiger partial charge in [-0.2, -0.15) is 0 Å². The first-order chi connectivity index (χ1) is 3.35. The van der Waals surface area contributed by atoms with Crippen molar-refractivity contribution in [3.63, 3.8) is 0 Å². The van der Waals surface area contributed by atoms with Crippen molar-refractivity contribution in [3.05, 3.63) is 0 Å². The zero-order chi connectivity index (χ0) is 5.70. The predicted octanol–water partition coefficient (Wildman–Crippen LogP) is 1.95. The normalized spacial score (nSPS) is 7.86. The Morgan fingerprint density at radius 3 is 1.86 bits per heavy atom. The second kappa shape index (κ2) is 4.67. The van der Waals surface area contributed by atoms with Crippen LogP contribution in [0.1, 0.15) is 26.7 Å². The molecular weight excluding hydrogens is 127 g/mol. The molecule has 0 amide bonds. The van der Waals surface area contributed by atoms with E-state index in [1.165, 1.54) is 0 Å². The molecule has 41 valence electrons. The molecule has 0 aromatic rings. The molecule has 0 saturated carbocycles. The summed E-state index contributed by atoms with van der Waals surface area (Å²) < 4.78 is 12.9. The maximum absolute atomic E-state index is 11.7. The summed E-state index contributed by atoms with van der Waals surface area (Å²) in [7, 11) is 0. The Hall–Kier alpha value is 0.514. The second-order valence-corrected chi connectivity index (χ2v) is 2.80. The van der Waals surface area contributed by atoms with E-state index in [4.69, 9.17) is 0 Å². The average Bonchev–Trinajstić information content (AvgIpc) is 1.72. The maximum atomic E-state index is 11.7. The van der Waals surface area contributed by atoms with Gasteiger partial charge in [-0.3, -0.25) is 0 Å². The van der Waals surface area contributed by atoms with Gasteiger partial charge >= 0.3 is 52.8 Å². The fourth-order valence-corrected chi connectivity index (χ4v) is 0.801. The van der Waals surface area contributed by atoms with Gasteiger partial charge in [-0.25, -0.2) is 0 Å². The Bertz CT molecular complexity index is 62.5.